The van der Waals surface area contributed by atoms with Gasteiger partial charge < -0.3 is 14.8 Å². The largest absolute Gasteiger partial charge is 0.451 e. The highest BCUT2D eigenvalue weighted by Crippen LogP contribution is 2.20. The molecule has 1 aromatic carbocycles. The topological polar surface area (TPSA) is 91.6 Å². The summed E-state index contributed by atoms with van der Waals surface area (Å²) < 4.78 is 5.60. The normalized spacial score (nSPS) is 13.9. The van der Waals surface area contributed by atoms with Crippen LogP contribution in [-0.4, -0.2) is 35.6 Å². The second-order valence-electron chi connectivity index (χ2n) is 10.5. The molecule has 3 N–H and O–H groups in total. The highest BCUT2D eigenvalue weighted by molar-refractivity contribution is 5.97. The third kappa shape index (κ3) is 11.4. The maximum Gasteiger partial charge on any atom is 0.288 e. The maximum absolute atomic E-state index is 12.8. The summed E-state index contributed by atoms with van der Waals surface area (Å²) in [6, 6.07) is 8.97. The number of benzene rings is 1. The van der Waals surface area contributed by atoms with Crippen LogP contribution < -0.4 is 10.6 Å². The van der Waals surface area contributed by atoms with Crippen LogP contribution in [0.5, 0.6) is 0 Å². The zero-order valence-electron chi connectivity index (χ0n) is 23.2. The summed E-state index contributed by atoms with van der Waals surface area (Å²) in [6.45, 7) is 4.29. The van der Waals surface area contributed by atoms with Gasteiger partial charge in [-0.3, -0.25) is 14.9 Å². The van der Waals surface area contributed by atoms with E-state index < -0.39 is 17.7 Å². The molecule has 0 bridgehead atoms. The van der Waals surface area contributed by atoms with Gasteiger partial charge in [0.15, 0.2) is 17.7 Å². The predicted molar refractivity (Wildman–Crippen MR) is 152 cm³/mol. The Kier molecular flexibility index (Phi) is 15.2. The highest BCUT2D eigenvalue weighted by atomic mass is 16.3. The van der Waals surface area contributed by atoms with E-state index in [1.807, 2.05) is 18.2 Å². The monoisotopic (exact) mass is 514 g/mol. The first-order valence-corrected chi connectivity index (χ1v) is 14.7. The Hall–Kier alpha value is -2.18. The van der Waals surface area contributed by atoms with E-state index in [4.69, 9.17) is 4.42 Å². The average molecular weight is 515 g/mol. The first kappa shape index (κ1) is 31.0. The molecule has 1 amide bonds. The van der Waals surface area contributed by atoms with E-state index in [-0.39, 0.29) is 5.76 Å². The molecule has 0 unspecified atom stereocenters. The van der Waals surface area contributed by atoms with Gasteiger partial charge in [0.2, 0.25) is 0 Å². The minimum absolute atomic E-state index is 0.109. The van der Waals surface area contributed by atoms with E-state index >= 15 is 0 Å². The number of fused-ring (bicyclic) bond motifs is 1. The Bertz CT molecular complexity index is 861. The maximum atomic E-state index is 12.8. The third-order valence-electron chi connectivity index (χ3n) is 7.26. The van der Waals surface area contributed by atoms with Crippen LogP contribution in [-0.2, 0) is 4.79 Å². The van der Waals surface area contributed by atoms with Crippen LogP contribution in [0.25, 0.3) is 11.0 Å². The molecule has 2 atom stereocenters. The van der Waals surface area contributed by atoms with Gasteiger partial charge in [0.25, 0.3) is 5.91 Å². The molecule has 1 heterocycles. The zero-order chi connectivity index (χ0) is 26.8. The Morgan fingerprint density at radius 3 is 1.89 bits per heavy atom. The number of carbonyl (C=O) groups is 2. The first-order valence-electron chi connectivity index (χ1n) is 14.7. The minimum Gasteiger partial charge on any atom is -0.451 e. The van der Waals surface area contributed by atoms with Gasteiger partial charge in [-0.25, -0.2) is 0 Å². The number of aliphatic hydroxyl groups excluding tert-OH is 1. The summed E-state index contributed by atoms with van der Waals surface area (Å²) in [7, 11) is 0. The van der Waals surface area contributed by atoms with Crippen molar-refractivity contribution < 1.29 is 19.1 Å². The molecule has 0 spiro atoms. The van der Waals surface area contributed by atoms with Crippen molar-refractivity contribution in [1.29, 1.82) is 0 Å². The van der Waals surface area contributed by atoms with E-state index in [2.05, 4.69) is 17.6 Å². The molecule has 6 heteroatoms. The van der Waals surface area contributed by atoms with E-state index in [0.29, 0.717) is 18.4 Å². The number of furan rings is 1. The summed E-state index contributed by atoms with van der Waals surface area (Å²) in [4.78, 5) is 24.7. The summed E-state index contributed by atoms with van der Waals surface area (Å²) in [5.74, 6) is -0.430. The molecular weight excluding hydrogens is 464 g/mol. The summed E-state index contributed by atoms with van der Waals surface area (Å²) >= 11 is 0. The van der Waals surface area contributed by atoms with Gasteiger partial charge >= 0.3 is 0 Å². The van der Waals surface area contributed by atoms with E-state index in [9.17, 15) is 14.7 Å². The molecule has 2 aromatic rings. The van der Waals surface area contributed by atoms with Crippen LogP contribution in [0.3, 0.4) is 0 Å². The number of unbranched alkanes of at least 4 members (excludes halogenated alkanes) is 15. The number of hydrogen-bond acceptors (Lipinski definition) is 5. The Morgan fingerprint density at radius 2 is 1.41 bits per heavy atom. The number of hydrogen-bond donors (Lipinski definition) is 3. The fourth-order valence-corrected chi connectivity index (χ4v) is 4.78. The van der Waals surface area contributed by atoms with Crippen molar-refractivity contribution in [2.45, 2.75) is 128 Å². The van der Waals surface area contributed by atoms with Crippen molar-refractivity contribution in [2.75, 3.05) is 6.54 Å². The highest BCUT2D eigenvalue weighted by Gasteiger charge is 2.37. The molecule has 0 radical (unpaired) electrons. The van der Waals surface area contributed by atoms with Crippen LogP contribution in [0, 0.1) is 0 Å². The second kappa shape index (κ2) is 18.1. The smallest absolute Gasteiger partial charge is 0.288 e. The number of carbonyl (C=O) groups excluding carboxylic acids is 2. The van der Waals surface area contributed by atoms with E-state index in [0.717, 1.165) is 24.6 Å². The van der Waals surface area contributed by atoms with Gasteiger partial charge in [-0.1, -0.05) is 121 Å². The van der Waals surface area contributed by atoms with Crippen molar-refractivity contribution in [2.24, 2.45) is 0 Å². The predicted octanol–water partition coefficient (Wildman–Crippen LogP) is 7.29. The lowest BCUT2D eigenvalue weighted by Gasteiger charge is -2.32. The van der Waals surface area contributed by atoms with Crippen molar-refractivity contribution in [3.8, 4) is 0 Å². The molecule has 0 aliphatic rings. The molecule has 0 saturated heterocycles. The number of nitrogens with one attached hydrogen (secondary N) is 2. The first-order chi connectivity index (χ1) is 18.0. The van der Waals surface area contributed by atoms with Gasteiger partial charge in [-0.2, -0.15) is 0 Å². The lowest BCUT2D eigenvalue weighted by molar-refractivity contribution is -0.118. The van der Waals surface area contributed by atoms with Crippen LogP contribution in [0.1, 0.15) is 127 Å². The molecule has 2 rings (SSSR count). The second-order valence-corrected chi connectivity index (χ2v) is 10.5. The van der Waals surface area contributed by atoms with Crippen molar-refractivity contribution in [1.82, 2.24) is 10.6 Å². The lowest BCUT2D eigenvalue weighted by atomic mass is 10.0. The SMILES string of the molecule is CCCCCCCCCCCCCCCCCCN[C@](C=O)(NC(=O)c1cc2ccccc2o1)[C@@H](C)O. The fourth-order valence-electron chi connectivity index (χ4n) is 4.78. The van der Waals surface area contributed by atoms with Gasteiger partial charge in [-0.15, -0.1) is 0 Å². The molecule has 0 fully saturated rings. The number of para-hydroxylation sites is 1. The standard InChI is InChI=1S/C31H50N2O4/c1-3-4-5-6-7-8-9-10-11-12-13-14-15-16-17-20-23-32-31(25-34,26(2)35)33-30(36)29-24-27-21-18-19-22-28(27)37-29/h18-19,21-22,24-26,32,35H,3-17,20,23H2,1-2H3,(H,33,36)/t26-,31-/m1/s1. The number of amides is 1. The quantitative estimate of drug-likeness (QED) is 0.0872. The lowest BCUT2D eigenvalue weighted by Crippen LogP contribution is -2.66. The van der Waals surface area contributed by atoms with Crippen LogP contribution >= 0.6 is 0 Å². The number of aliphatic hydroxyl groups is 1. The molecular formula is C31H50N2O4. The Morgan fingerprint density at radius 1 is 0.892 bits per heavy atom. The number of aldehydes is 1. The molecule has 37 heavy (non-hydrogen) atoms. The van der Waals surface area contributed by atoms with Crippen molar-refractivity contribution >= 4 is 23.2 Å². The summed E-state index contributed by atoms with van der Waals surface area (Å²) in [6.07, 6.45) is 20.2. The van der Waals surface area contributed by atoms with Crippen LogP contribution in [0.4, 0.5) is 0 Å². The molecule has 0 aliphatic carbocycles. The molecule has 0 saturated carbocycles. The summed E-state index contributed by atoms with van der Waals surface area (Å²) in [5.41, 5.74) is -0.950. The van der Waals surface area contributed by atoms with Crippen LogP contribution in [0.15, 0.2) is 34.7 Å². The Balaban J connectivity index is 1.55. The van der Waals surface area contributed by atoms with Gasteiger partial charge in [-0.05, 0) is 32.0 Å². The molecule has 208 valence electrons. The minimum atomic E-state index is -1.55. The average Bonchev–Trinajstić information content (AvgIpc) is 3.34. The van der Waals surface area contributed by atoms with Crippen molar-refractivity contribution in [3.63, 3.8) is 0 Å². The fraction of sp³-hybridized carbons (Fsp3) is 0.677. The van der Waals surface area contributed by atoms with E-state index in [1.54, 1.807) is 12.1 Å². The molecule has 6 nitrogen and oxygen atoms in total. The number of rotatable bonds is 22. The van der Waals surface area contributed by atoms with Crippen LogP contribution in [0.2, 0.25) is 0 Å². The van der Waals surface area contributed by atoms with Crippen molar-refractivity contribution in [3.05, 3.63) is 36.1 Å². The van der Waals surface area contributed by atoms with Gasteiger partial charge in [0, 0.05) is 5.39 Å². The molecule has 0 aliphatic heterocycles. The van der Waals surface area contributed by atoms with Gasteiger partial charge in [0.1, 0.15) is 5.58 Å². The zero-order valence-corrected chi connectivity index (χ0v) is 23.2. The Labute approximate surface area is 224 Å². The van der Waals surface area contributed by atoms with E-state index in [1.165, 1.54) is 90.4 Å². The summed E-state index contributed by atoms with van der Waals surface area (Å²) in [5, 5.41) is 16.8. The van der Waals surface area contributed by atoms with Gasteiger partial charge in [0.05, 0.1) is 6.10 Å². The molecule has 1 aromatic heterocycles. The third-order valence-corrected chi connectivity index (χ3v) is 7.26.